The van der Waals surface area contributed by atoms with Crippen LogP contribution in [0.1, 0.15) is 25.7 Å². The Bertz CT molecular complexity index is 1140. The van der Waals surface area contributed by atoms with Crippen molar-refractivity contribution >= 4 is 30.8 Å². The number of allylic oxidation sites excluding steroid dienone is 1. The molecule has 3 heterocycles. The number of methoxy groups -OCH3 is 1. The van der Waals surface area contributed by atoms with Gasteiger partial charge in [-0.15, -0.1) is 0 Å². The van der Waals surface area contributed by atoms with E-state index in [0.717, 1.165) is 66.3 Å². The SMILES string of the molecule is COC(=O)C=C(C1CCCC1)n1cc(-c2ncnc3c2ccn3COCC[Si](C)(C)C)cn1. The Hall–Kier alpha value is -2.78. The molecule has 1 fully saturated rings. The Morgan fingerprint density at radius 1 is 1.24 bits per heavy atom. The second-order valence-corrected chi connectivity index (χ2v) is 15.5. The maximum absolute atomic E-state index is 12.0. The number of nitrogens with zero attached hydrogens (tertiary/aromatic N) is 5. The van der Waals surface area contributed by atoms with Crippen molar-refractivity contribution in [3.8, 4) is 11.3 Å². The second kappa shape index (κ2) is 10.0. The number of aromatic nitrogens is 5. The van der Waals surface area contributed by atoms with E-state index in [4.69, 9.17) is 9.47 Å². The van der Waals surface area contributed by atoms with Gasteiger partial charge < -0.3 is 14.0 Å². The standard InChI is InChI=1S/C24H33N5O3Si/c1-31-22(30)13-21(18-7-5-6-8-18)29-15-19(14-27-29)23-20-9-10-28(24(20)26-16-25-23)17-32-11-12-33(2,3)4/h9-10,13-16,18H,5-8,11-12,17H2,1-4H3. The Labute approximate surface area is 195 Å². The topological polar surface area (TPSA) is 84.1 Å². The fraction of sp³-hybridized carbons (Fsp3) is 0.500. The minimum Gasteiger partial charge on any atom is -0.466 e. The first-order valence-corrected chi connectivity index (χ1v) is 15.3. The van der Waals surface area contributed by atoms with Crippen LogP contribution in [0.4, 0.5) is 0 Å². The predicted octanol–water partition coefficient (Wildman–Crippen LogP) is 4.81. The van der Waals surface area contributed by atoms with Crippen molar-refractivity contribution in [2.24, 2.45) is 5.92 Å². The molecule has 176 valence electrons. The van der Waals surface area contributed by atoms with Gasteiger partial charge in [0.15, 0.2) is 0 Å². The summed E-state index contributed by atoms with van der Waals surface area (Å²) in [7, 11) is 0.281. The molecule has 8 nitrogen and oxygen atoms in total. The highest BCUT2D eigenvalue weighted by Gasteiger charge is 2.23. The molecule has 1 aliphatic carbocycles. The summed E-state index contributed by atoms with van der Waals surface area (Å²) < 4.78 is 14.6. The van der Waals surface area contributed by atoms with Crippen molar-refractivity contribution in [1.29, 1.82) is 0 Å². The van der Waals surface area contributed by atoms with E-state index in [1.54, 1.807) is 23.3 Å². The molecule has 1 aliphatic rings. The van der Waals surface area contributed by atoms with Crippen LogP contribution >= 0.6 is 0 Å². The predicted molar refractivity (Wildman–Crippen MR) is 131 cm³/mol. The molecule has 0 unspecified atom stereocenters. The Balaban J connectivity index is 1.58. The molecule has 0 bridgehead atoms. The molecule has 0 atom stereocenters. The molecular formula is C24H33N5O3Si. The van der Waals surface area contributed by atoms with E-state index < -0.39 is 8.07 Å². The molecule has 9 heteroatoms. The maximum atomic E-state index is 12.0. The molecule has 3 aromatic heterocycles. The van der Waals surface area contributed by atoms with Crippen molar-refractivity contribution in [2.75, 3.05) is 13.7 Å². The van der Waals surface area contributed by atoms with Crippen LogP contribution < -0.4 is 0 Å². The number of hydrogen-bond acceptors (Lipinski definition) is 6. The molecule has 0 saturated heterocycles. The number of fused-ring (bicyclic) bond motifs is 1. The van der Waals surface area contributed by atoms with E-state index in [2.05, 4.69) is 34.7 Å². The van der Waals surface area contributed by atoms with Gasteiger partial charge in [0, 0.05) is 50.0 Å². The highest BCUT2D eigenvalue weighted by atomic mass is 28.3. The molecule has 0 amide bonds. The van der Waals surface area contributed by atoms with Crippen molar-refractivity contribution < 1.29 is 14.3 Å². The lowest BCUT2D eigenvalue weighted by atomic mass is 10.0. The molecule has 0 N–H and O–H groups in total. The minimum atomic E-state index is -1.12. The smallest absolute Gasteiger partial charge is 0.332 e. The average molecular weight is 468 g/mol. The fourth-order valence-corrected chi connectivity index (χ4v) is 4.99. The van der Waals surface area contributed by atoms with Crippen LogP contribution in [-0.2, 0) is 21.0 Å². The molecule has 4 rings (SSSR count). The van der Waals surface area contributed by atoms with Crippen LogP contribution in [0.3, 0.4) is 0 Å². The summed E-state index contributed by atoms with van der Waals surface area (Å²) in [6, 6.07) is 3.15. The van der Waals surface area contributed by atoms with Crippen LogP contribution in [0.25, 0.3) is 28.0 Å². The number of ether oxygens (including phenoxy) is 2. The van der Waals surface area contributed by atoms with Gasteiger partial charge in [-0.25, -0.2) is 19.4 Å². The summed E-state index contributed by atoms with van der Waals surface area (Å²) in [5.74, 6) is -0.0544. The van der Waals surface area contributed by atoms with Crippen molar-refractivity contribution in [2.45, 2.75) is 58.1 Å². The van der Waals surface area contributed by atoms with Gasteiger partial charge in [0.2, 0.25) is 0 Å². The van der Waals surface area contributed by atoms with E-state index in [0.29, 0.717) is 12.6 Å². The third-order valence-corrected chi connectivity index (χ3v) is 7.85. The quantitative estimate of drug-likeness (QED) is 0.194. The summed E-state index contributed by atoms with van der Waals surface area (Å²) in [6.07, 6.45) is 13.3. The number of carbonyl (C=O) groups is 1. The zero-order valence-corrected chi connectivity index (χ0v) is 21.0. The zero-order chi connectivity index (χ0) is 23.4. The van der Waals surface area contributed by atoms with Crippen molar-refractivity contribution in [3.63, 3.8) is 0 Å². The van der Waals surface area contributed by atoms with Gasteiger partial charge in [0.1, 0.15) is 18.7 Å². The molecule has 0 radical (unpaired) electrons. The highest BCUT2D eigenvalue weighted by Crippen LogP contribution is 2.34. The molecule has 0 spiro atoms. The Morgan fingerprint density at radius 2 is 2.03 bits per heavy atom. The first-order valence-electron chi connectivity index (χ1n) is 11.6. The lowest BCUT2D eigenvalue weighted by Gasteiger charge is -2.15. The van der Waals surface area contributed by atoms with E-state index in [-0.39, 0.29) is 5.97 Å². The van der Waals surface area contributed by atoms with Crippen LogP contribution in [0, 0.1) is 5.92 Å². The monoisotopic (exact) mass is 467 g/mol. The largest absolute Gasteiger partial charge is 0.466 e. The summed E-state index contributed by atoms with van der Waals surface area (Å²) in [6.45, 7) is 8.27. The van der Waals surface area contributed by atoms with E-state index in [9.17, 15) is 4.79 Å². The molecule has 0 aliphatic heterocycles. The summed E-state index contributed by atoms with van der Waals surface area (Å²) >= 11 is 0. The molecule has 0 aromatic carbocycles. The highest BCUT2D eigenvalue weighted by molar-refractivity contribution is 6.76. The number of esters is 1. The normalized spacial score (nSPS) is 15.5. The van der Waals surface area contributed by atoms with E-state index >= 15 is 0 Å². The third kappa shape index (κ3) is 5.59. The number of carbonyl (C=O) groups excluding carboxylic acids is 1. The maximum Gasteiger partial charge on any atom is 0.332 e. The summed E-state index contributed by atoms with van der Waals surface area (Å²) in [4.78, 5) is 21.0. The minimum absolute atomic E-state index is 0.302. The number of rotatable bonds is 9. The average Bonchev–Trinajstić information content (AvgIpc) is 3.55. The summed E-state index contributed by atoms with van der Waals surface area (Å²) in [5.41, 5.74) is 3.41. The fourth-order valence-electron chi connectivity index (χ4n) is 4.24. The van der Waals surface area contributed by atoms with Gasteiger partial charge in [-0.3, -0.25) is 0 Å². The van der Waals surface area contributed by atoms with Crippen molar-refractivity contribution in [1.82, 2.24) is 24.3 Å². The van der Waals surface area contributed by atoms with Gasteiger partial charge in [-0.2, -0.15) is 5.10 Å². The Morgan fingerprint density at radius 3 is 2.76 bits per heavy atom. The summed E-state index contributed by atoms with van der Waals surface area (Å²) in [5, 5.41) is 5.52. The second-order valence-electron chi connectivity index (χ2n) is 9.84. The lowest BCUT2D eigenvalue weighted by Crippen LogP contribution is -2.22. The lowest BCUT2D eigenvalue weighted by molar-refractivity contribution is -0.134. The van der Waals surface area contributed by atoms with Gasteiger partial charge >= 0.3 is 5.97 Å². The van der Waals surface area contributed by atoms with Crippen LogP contribution in [0.5, 0.6) is 0 Å². The first kappa shape index (κ1) is 23.4. The molecule has 33 heavy (non-hydrogen) atoms. The van der Waals surface area contributed by atoms with E-state index in [1.807, 2.05) is 23.0 Å². The molecule has 1 saturated carbocycles. The Kier molecular flexibility index (Phi) is 7.09. The zero-order valence-electron chi connectivity index (χ0n) is 20.0. The third-order valence-electron chi connectivity index (χ3n) is 6.14. The molecule has 3 aromatic rings. The van der Waals surface area contributed by atoms with Crippen LogP contribution in [-0.4, -0.2) is 52.1 Å². The van der Waals surface area contributed by atoms with Gasteiger partial charge in [0.05, 0.1) is 24.7 Å². The van der Waals surface area contributed by atoms with E-state index in [1.165, 1.54) is 7.11 Å². The van der Waals surface area contributed by atoms with Gasteiger partial charge in [-0.1, -0.05) is 32.5 Å². The van der Waals surface area contributed by atoms with Crippen LogP contribution in [0.2, 0.25) is 25.7 Å². The molecular weight excluding hydrogens is 434 g/mol. The van der Waals surface area contributed by atoms with Gasteiger partial charge in [-0.05, 0) is 25.0 Å². The number of hydrogen-bond donors (Lipinski definition) is 0. The van der Waals surface area contributed by atoms with Crippen LogP contribution in [0.15, 0.2) is 37.1 Å². The van der Waals surface area contributed by atoms with Gasteiger partial charge in [0.25, 0.3) is 0 Å². The van der Waals surface area contributed by atoms with Crippen molar-refractivity contribution in [3.05, 3.63) is 37.1 Å². The first-order chi connectivity index (χ1) is 15.9.